The van der Waals surface area contributed by atoms with Gasteiger partial charge in [0.2, 0.25) is 11.7 Å². The zero-order valence-electron chi connectivity index (χ0n) is 10.6. The van der Waals surface area contributed by atoms with Crippen molar-refractivity contribution in [3.63, 3.8) is 0 Å². The number of hydrogen-bond donors (Lipinski definition) is 0. The fourth-order valence-electron chi connectivity index (χ4n) is 1.96. The lowest BCUT2D eigenvalue weighted by Gasteiger charge is -2.15. The van der Waals surface area contributed by atoms with Crippen molar-refractivity contribution < 1.29 is 22.0 Å². The molecule has 2 rings (SSSR count). The summed E-state index contributed by atoms with van der Waals surface area (Å²) in [6.07, 6.45) is -0.563. The van der Waals surface area contributed by atoms with Crippen molar-refractivity contribution in [1.29, 1.82) is 0 Å². The van der Waals surface area contributed by atoms with Crippen molar-refractivity contribution in [2.24, 2.45) is 0 Å². The Bertz CT molecular complexity index is 738. The van der Waals surface area contributed by atoms with Crippen molar-refractivity contribution in [3.05, 3.63) is 26.3 Å². The maximum absolute atomic E-state index is 13.0. The molecule has 1 aliphatic heterocycles. The molecule has 0 saturated carbocycles. The van der Waals surface area contributed by atoms with Crippen LogP contribution in [-0.2, 0) is 15.0 Å². The summed E-state index contributed by atoms with van der Waals surface area (Å²) >= 11 is 3.09. The summed E-state index contributed by atoms with van der Waals surface area (Å²) in [7, 11) is -4.90. The number of anilines is 1. The number of hydrogen-bond acceptors (Lipinski definition) is 6. The van der Waals surface area contributed by atoms with Crippen LogP contribution < -0.4 is 4.90 Å². The molecule has 0 radical (unpaired) electrons. The van der Waals surface area contributed by atoms with E-state index < -0.39 is 45.0 Å². The van der Waals surface area contributed by atoms with E-state index in [9.17, 15) is 27.2 Å². The fourth-order valence-corrected chi connectivity index (χ4v) is 2.93. The molecule has 1 saturated heterocycles. The zero-order valence-corrected chi connectivity index (χ0v) is 13.0. The largest absolute Gasteiger partial charge is 0.313 e. The topological polar surface area (TPSA) is 110 Å². The second-order valence-corrected chi connectivity index (χ2v) is 6.93. The minimum atomic E-state index is -4.90. The van der Waals surface area contributed by atoms with E-state index >= 15 is 0 Å². The van der Waals surface area contributed by atoms with Gasteiger partial charge in [-0.05, 0) is 22.9 Å². The third-order valence-corrected chi connectivity index (χ3v) is 4.97. The van der Waals surface area contributed by atoms with Crippen molar-refractivity contribution >= 4 is 43.6 Å². The first-order valence-electron chi connectivity index (χ1n) is 5.66. The molecule has 8 nitrogen and oxygen atoms in total. The molecule has 1 fully saturated rings. The number of halogens is 2. The third-order valence-electron chi connectivity index (χ3n) is 3.05. The van der Waals surface area contributed by atoms with Gasteiger partial charge in [0.1, 0.15) is 5.25 Å². The van der Waals surface area contributed by atoms with Crippen LogP contribution in [0.2, 0.25) is 0 Å². The van der Waals surface area contributed by atoms with Crippen LogP contribution in [0.25, 0.3) is 0 Å². The van der Waals surface area contributed by atoms with Crippen LogP contribution in [0.3, 0.4) is 0 Å². The summed E-state index contributed by atoms with van der Waals surface area (Å²) < 4.78 is 35.1. The molecule has 1 unspecified atom stereocenters. The number of aromatic nitrogens is 1. The summed E-state index contributed by atoms with van der Waals surface area (Å²) in [5.41, 5.74) is -0.0762. The average molecular weight is 382 g/mol. The highest BCUT2D eigenvalue weighted by Crippen LogP contribution is 2.34. The van der Waals surface area contributed by atoms with E-state index in [0.717, 1.165) is 4.90 Å². The molecule has 1 aromatic heterocycles. The van der Waals surface area contributed by atoms with E-state index in [1.54, 1.807) is 6.92 Å². The summed E-state index contributed by atoms with van der Waals surface area (Å²) in [5.74, 6) is -1.00. The van der Waals surface area contributed by atoms with Crippen LogP contribution in [0.5, 0.6) is 0 Å². The predicted molar refractivity (Wildman–Crippen MR) is 74.1 cm³/mol. The van der Waals surface area contributed by atoms with E-state index in [1.165, 1.54) is 6.07 Å². The van der Waals surface area contributed by atoms with Gasteiger partial charge in [-0.2, -0.15) is 8.42 Å². The normalized spacial score (nSPS) is 19.1. The number of carbonyl (C=O) groups excluding carboxylic acids is 1. The molecule has 114 valence electrons. The van der Waals surface area contributed by atoms with Crippen LogP contribution in [0, 0.1) is 17.0 Å². The molecule has 1 amide bonds. The van der Waals surface area contributed by atoms with Gasteiger partial charge >= 0.3 is 15.9 Å². The van der Waals surface area contributed by atoms with Gasteiger partial charge in [0.25, 0.3) is 0 Å². The highest BCUT2D eigenvalue weighted by molar-refractivity contribution is 9.10. The van der Waals surface area contributed by atoms with E-state index in [4.69, 9.17) is 0 Å². The molecule has 0 aliphatic carbocycles. The van der Waals surface area contributed by atoms with Gasteiger partial charge in [0.05, 0.1) is 10.6 Å². The fraction of sp³-hybridized carbons (Fsp3) is 0.400. The zero-order chi connectivity index (χ0) is 15.9. The van der Waals surface area contributed by atoms with Crippen LogP contribution >= 0.6 is 15.9 Å². The standard InChI is InChI=1S/C10H9BrFN3O5S/c1-5-7(11)3-8(15(17)18)10(13-5)14-4-6(2-9(14)16)21(12,19)20/h3,6H,2,4H2,1H3. The van der Waals surface area contributed by atoms with Crippen LogP contribution in [0.15, 0.2) is 10.5 Å². The monoisotopic (exact) mass is 381 g/mol. The number of carbonyl (C=O) groups is 1. The van der Waals surface area contributed by atoms with E-state index in [0.29, 0.717) is 10.2 Å². The second kappa shape index (κ2) is 5.30. The molecule has 1 aliphatic rings. The van der Waals surface area contributed by atoms with Crippen molar-refractivity contribution in [3.8, 4) is 0 Å². The Morgan fingerprint density at radius 2 is 2.19 bits per heavy atom. The molecule has 21 heavy (non-hydrogen) atoms. The summed E-state index contributed by atoms with van der Waals surface area (Å²) in [6.45, 7) is 1.06. The Hall–Kier alpha value is -1.62. The number of pyridine rings is 1. The Kier molecular flexibility index (Phi) is 3.97. The van der Waals surface area contributed by atoms with Gasteiger partial charge in [0.15, 0.2) is 0 Å². The highest BCUT2D eigenvalue weighted by atomic mass is 79.9. The molecule has 2 heterocycles. The Labute approximate surface area is 127 Å². The molecule has 0 bridgehead atoms. The lowest BCUT2D eigenvalue weighted by molar-refractivity contribution is -0.384. The summed E-state index contributed by atoms with van der Waals surface area (Å²) in [5, 5.41) is 9.51. The van der Waals surface area contributed by atoms with Gasteiger partial charge in [-0.25, -0.2) is 4.98 Å². The number of aryl methyl sites for hydroxylation is 1. The van der Waals surface area contributed by atoms with Crippen LogP contribution in [-0.4, -0.2) is 36.0 Å². The van der Waals surface area contributed by atoms with Crippen molar-refractivity contribution in [2.45, 2.75) is 18.6 Å². The Morgan fingerprint density at radius 3 is 2.67 bits per heavy atom. The second-order valence-electron chi connectivity index (χ2n) is 4.46. The minimum Gasteiger partial charge on any atom is -0.290 e. The molecule has 0 spiro atoms. The summed E-state index contributed by atoms with van der Waals surface area (Å²) in [4.78, 5) is 26.9. The molecule has 1 atom stereocenters. The quantitative estimate of drug-likeness (QED) is 0.445. The van der Waals surface area contributed by atoms with Crippen LogP contribution in [0.1, 0.15) is 12.1 Å². The molecule has 1 aromatic rings. The van der Waals surface area contributed by atoms with Gasteiger partial charge in [-0.15, -0.1) is 3.89 Å². The lowest BCUT2D eigenvalue weighted by Crippen LogP contribution is -2.28. The number of nitrogens with zero attached hydrogens (tertiary/aromatic N) is 3. The number of nitro groups is 1. The number of rotatable bonds is 3. The lowest BCUT2D eigenvalue weighted by atomic mass is 10.3. The Balaban J connectivity index is 2.50. The first kappa shape index (κ1) is 15.8. The summed E-state index contributed by atoms with van der Waals surface area (Å²) in [6, 6.07) is 1.17. The van der Waals surface area contributed by atoms with Crippen molar-refractivity contribution in [1.82, 2.24) is 4.98 Å². The van der Waals surface area contributed by atoms with Gasteiger partial charge < -0.3 is 0 Å². The third kappa shape index (κ3) is 3.02. The smallest absolute Gasteiger partial charge is 0.290 e. The van der Waals surface area contributed by atoms with Crippen LogP contribution in [0.4, 0.5) is 15.4 Å². The minimum absolute atomic E-state index is 0.281. The molecular weight excluding hydrogens is 373 g/mol. The van der Waals surface area contributed by atoms with E-state index in [-0.39, 0.29) is 5.82 Å². The number of amides is 1. The first-order chi connectivity index (χ1) is 9.61. The van der Waals surface area contributed by atoms with Crippen molar-refractivity contribution in [2.75, 3.05) is 11.4 Å². The SMILES string of the molecule is Cc1nc(N2CC(S(=O)(=O)F)CC2=O)c([N+](=O)[O-])cc1Br. The van der Waals surface area contributed by atoms with Gasteiger partial charge in [-0.1, -0.05) is 0 Å². The predicted octanol–water partition coefficient (Wildman–Crippen LogP) is 1.47. The molecule has 0 aromatic carbocycles. The Morgan fingerprint density at radius 1 is 1.57 bits per heavy atom. The van der Waals surface area contributed by atoms with Gasteiger partial charge in [-0.3, -0.25) is 19.8 Å². The average Bonchev–Trinajstić information content (AvgIpc) is 2.74. The first-order valence-corrected chi connectivity index (χ1v) is 7.90. The maximum atomic E-state index is 13.0. The van der Waals surface area contributed by atoms with E-state index in [1.807, 2.05) is 0 Å². The highest BCUT2D eigenvalue weighted by Gasteiger charge is 2.42. The molecule has 11 heteroatoms. The van der Waals surface area contributed by atoms with E-state index in [2.05, 4.69) is 20.9 Å². The molecular formula is C10H9BrFN3O5S. The maximum Gasteiger partial charge on any atom is 0.313 e. The molecule has 0 N–H and O–H groups in total. The van der Waals surface area contributed by atoms with Gasteiger partial charge in [0, 0.05) is 23.5 Å².